The second-order valence-corrected chi connectivity index (χ2v) is 5.01. The highest BCUT2D eigenvalue weighted by Crippen LogP contribution is 2.24. The molecule has 1 aromatic rings. The van der Waals surface area contributed by atoms with Gasteiger partial charge in [0.25, 0.3) is 0 Å². The molecule has 0 fully saturated rings. The lowest BCUT2D eigenvalue weighted by atomic mass is 9.98. The molecule has 1 aliphatic heterocycles. The van der Waals surface area contributed by atoms with Gasteiger partial charge in [0.15, 0.2) is 6.29 Å². The summed E-state index contributed by atoms with van der Waals surface area (Å²) >= 11 is 0. The fourth-order valence-corrected chi connectivity index (χ4v) is 2.73. The Labute approximate surface area is 115 Å². The second-order valence-electron chi connectivity index (χ2n) is 5.01. The maximum absolute atomic E-state index is 5.32. The first kappa shape index (κ1) is 14.5. The second kappa shape index (κ2) is 7.01. The van der Waals surface area contributed by atoms with Crippen molar-refractivity contribution >= 4 is 0 Å². The van der Waals surface area contributed by atoms with Crippen LogP contribution in [-0.4, -0.2) is 33.1 Å². The Bertz CT molecular complexity index is 393. The maximum Gasteiger partial charge on any atom is 0.171 e. The van der Waals surface area contributed by atoms with E-state index >= 15 is 0 Å². The van der Waals surface area contributed by atoms with Crippen molar-refractivity contribution < 1.29 is 9.47 Å². The van der Waals surface area contributed by atoms with Crippen molar-refractivity contribution in [2.45, 2.75) is 38.3 Å². The fourth-order valence-electron chi connectivity index (χ4n) is 2.73. The molecule has 19 heavy (non-hydrogen) atoms. The summed E-state index contributed by atoms with van der Waals surface area (Å²) in [6, 6.07) is 9.09. The molecule has 0 saturated carbocycles. The summed E-state index contributed by atoms with van der Waals surface area (Å²) in [6.45, 7) is 4.06. The topological polar surface area (TPSA) is 42.5 Å². The highest BCUT2D eigenvalue weighted by atomic mass is 16.7. The largest absolute Gasteiger partial charge is 0.354 e. The molecule has 0 bridgehead atoms. The summed E-state index contributed by atoms with van der Waals surface area (Å²) in [5.74, 6) is 0. The number of fused-ring (bicyclic) bond motifs is 1. The quantitative estimate of drug-likeness (QED) is 0.796. The molecule has 1 heterocycles. The van der Waals surface area contributed by atoms with Gasteiger partial charge < -0.3 is 20.1 Å². The van der Waals surface area contributed by atoms with Crippen molar-refractivity contribution in [3.63, 3.8) is 0 Å². The third-order valence-electron chi connectivity index (χ3n) is 3.69. The van der Waals surface area contributed by atoms with Crippen molar-refractivity contribution in [2.75, 3.05) is 20.8 Å². The van der Waals surface area contributed by atoms with E-state index in [2.05, 4.69) is 41.8 Å². The normalized spacial score (nSPS) is 20.9. The van der Waals surface area contributed by atoms with E-state index in [0.29, 0.717) is 6.04 Å². The van der Waals surface area contributed by atoms with Crippen molar-refractivity contribution in [2.24, 2.45) is 0 Å². The van der Waals surface area contributed by atoms with Crippen LogP contribution in [0.3, 0.4) is 0 Å². The summed E-state index contributed by atoms with van der Waals surface area (Å²) < 4.78 is 10.6. The Hall–Kier alpha value is -0.940. The summed E-state index contributed by atoms with van der Waals surface area (Å²) in [7, 11) is 3.35. The lowest BCUT2D eigenvalue weighted by Crippen LogP contribution is -2.42. The molecular weight excluding hydrogens is 240 g/mol. The minimum atomic E-state index is -0.219. The fraction of sp³-hybridized carbons (Fsp3) is 0.600. The van der Waals surface area contributed by atoms with Gasteiger partial charge in [-0.25, -0.2) is 0 Å². The van der Waals surface area contributed by atoms with E-state index in [0.717, 1.165) is 19.5 Å². The molecule has 2 N–H and O–H groups in total. The molecule has 0 spiro atoms. The van der Waals surface area contributed by atoms with Crippen molar-refractivity contribution in [3.05, 3.63) is 35.4 Å². The van der Waals surface area contributed by atoms with E-state index in [4.69, 9.17) is 9.47 Å². The number of hydrogen-bond donors (Lipinski definition) is 2. The lowest BCUT2D eigenvalue weighted by Gasteiger charge is -2.28. The van der Waals surface area contributed by atoms with E-state index in [1.165, 1.54) is 11.1 Å². The van der Waals surface area contributed by atoms with Gasteiger partial charge in [-0.2, -0.15) is 0 Å². The van der Waals surface area contributed by atoms with E-state index in [-0.39, 0.29) is 12.3 Å². The standard InChI is InChI=1S/C15H24N2O2/c1-11(15(18-2)19-3)17-14-8-9-16-10-12-6-4-5-7-13(12)14/h4-7,11,14-17H,8-10H2,1-3H3. The van der Waals surface area contributed by atoms with Gasteiger partial charge in [0.05, 0.1) is 6.04 Å². The molecule has 1 aromatic carbocycles. The number of benzene rings is 1. The maximum atomic E-state index is 5.32. The van der Waals surface area contributed by atoms with E-state index in [1.807, 2.05) is 0 Å². The molecule has 4 heteroatoms. The van der Waals surface area contributed by atoms with Gasteiger partial charge in [0, 0.05) is 26.8 Å². The zero-order valence-electron chi connectivity index (χ0n) is 12.0. The highest BCUT2D eigenvalue weighted by molar-refractivity contribution is 5.31. The molecular formula is C15H24N2O2. The molecule has 4 nitrogen and oxygen atoms in total. The van der Waals surface area contributed by atoms with E-state index in [9.17, 15) is 0 Å². The Morgan fingerprint density at radius 2 is 2.00 bits per heavy atom. The van der Waals surface area contributed by atoms with Gasteiger partial charge >= 0.3 is 0 Å². The Morgan fingerprint density at radius 1 is 1.26 bits per heavy atom. The molecule has 0 radical (unpaired) electrons. The molecule has 2 unspecified atom stereocenters. The third kappa shape index (κ3) is 3.54. The average Bonchev–Trinajstić information content (AvgIpc) is 2.63. The minimum Gasteiger partial charge on any atom is -0.354 e. The molecule has 0 saturated heterocycles. The van der Waals surface area contributed by atoms with Crippen LogP contribution in [0.1, 0.15) is 30.5 Å². The Morgan fingerprint density at radius 3 is 2.74 bits per heavy atom. The third-order valence-corrected chi connectivity index (χ3v) is 3.69. The summed E-state index contributed by atoms with van der Waals surface area (Å²) in [5.41, 5.74) is 2.75. The van der Waals surface area contributed by atoms with Crippen LogP contribution in [0, 0.1) is 0 Å². The molecule has 0 aromatic heterocycles. The van der Waals surface area contributed by atoms with Gasteiger partial charge in [-0.15, -0.1) is 0 Å². The molecule has 0 amide bonds. The van der Waals surface area contributed by atoms with Gasteiger partial charge in [-0.3, -0.25) is 0 Å². The Balaban J connectivity index is 2.11. The lowest BCUT2D eigenvalue weighted by molar-refractivity contribution is -0.121. The Kier molecular flexibility index (Phi) is 5.34. The van der Waals surface area contributed by atoms with Gasteiger partial charge in [-0.1, -0.05) is 24.3 Å². The zero-order chi connectivity index (χ0) is 13.7. The van der Waals surface area contributed by atoms with Crippen LogP contribution in [0.15, 0.2) is 24.3 Å². The number of rotatable bonds is 5. The zero-order valence-corrected chi connectivity index (χ0v) is 12.0. The summed E-state index contributed by atoms with van der Waals surface area (Å²) in [5, 5.41) is 7.09. The van der Waals surface area contributed by atoms with Crippen molar-refractivity contribution in [1.29, 1.82) is 0 Å². The number of hydrogen-bond acceptors (Lipinski definition) is 4. The molecule has 106 valence electrons. The SMILES string of the molecule is COC(OC)C(C)NC1CCNCc2ccccc21. The van der Waals surface area contributed by atoms with E-state index < -0.39 is 0 Å². The first-order valence-electron chi connectivity index (χ1n) is 6.86. The van der Waals surface area contributed by atoms with Gasteiger partial charge in [0.2, 0.25) is 0 Å². The first-order chi connectivity index (χ1) is 9.26. The molecule has 0 aliphatic carbocycles. The van der Waals surface area contributed by atoms with Crippen LogP contribution in [-0.2, 0) is 16.0 Å². The summed E-state index contributed by atoms with van der Waals surface area (Å²) in [4.78, 5) is 0. The van der Waals surface area contributed by atoms with Crippen LogP contribution in [0.2, 0.25) is 0 Å². The number of ether oxygens (including phenoxy) is 2. The van der Waals surface area contributed by atoms with Crippen LogP contribution < -0.4 is 10.6 Å². The van der Waals surface area contributed by atoms with Crippen LogP contribution in [0.25, 0.3) is 0 Å². The molecule has 2 atom stereocenters. The van der Waals surface area contributed by atoms with Crippen molar-refractivity contribution in [3.8, 4) is 0 Å². The minimum absolute atomic E-state index is 0.145. The number of methoxy groups -OCH3 is 2. The predicted molar refractivity (Wildman–Crippen MR) is 75.9 cm³/mol. The van der Waals surface area contributed by atoms with Crippen LogP contribution in [0.5, 0.6) is 0 Å². The van der Waals surface area contributed by atoms with Crippen molar-refractivity contribution in [1.82, 2.24) is 10.6 Å². The molecule has 1 aliphatic rings. The van der Waals surface area contributed by atoms with Gasteiger partial charge in [-0.05, 0) is 31.0 Å². The van der Waals surface area contributed by atoms with E-state index in [1.54, 1.807) is 14.2 Å². The average molecular weight is 264 g/mol. The first-order valence-corrected chi connectivity index (χ1v) is 6.86. The smallest absolute Gasteiger partial charge is 0.171 e. The van der Waals surface area contributed by atoms with Crippen LogP contribution >= 0.6 is 0 Å². The van der Waals surface area contributed by atoms with Crippen LogP contribution in [0.4, 0.5) is 0 Å². The molecule has 2 rings (SSSR count). The summed E-state index contributed by atoms with van der Waals surface area (Å²) in [6.07, 6.45) is 0.852. The van der Waals surface area contributed by atoms with Gasteiger partial charge in [0.1, 0.15) is 0 Å². The monoisotopic (exact) mass is 264 g/mol. The number of nitrogens with one attached hydrogen (secondary N) is 2. The highest BCUT2D eigenvalue weighted by Gasteiger charge is 2.23. The predicted octanol–water partition coefficient (Wildman–Crippen LogP) is 1.82.